The van der Waals surface area contributed by atoms with Crippen LogP contribution in [0.3, 0.4) is 0 Å². The molecular weight excluding hydrogens is 452 g/mol. The lowest BCUT2D eigenvalue weighted by Crippen LogP contribution is -2.53. The van der Waals surface area contributed by atoms with Crippen molar-refractivity contribution in [1.82, 2.24) is 0 Å². The largest absolute Gasteiger partial charge is 0.399 e. The predicted octanol–water partition coefficient (Wildman–Crippen LogP) is 7.99. The molecule has 0 aromatic heterocycles. The van der Waals surface area contributed by atoms with Gasteiger partial charge in [0.25, 0.3) is 0 Å². The maximum absolute atomic E-state index is 6.96. The highest BCUT2D eigenvalue weighted by Crippen LogP contribution is 2.68. The number of rotatable bonds is 8. The third-order valence-corrected chi connectivity index (χ3v) is 12.6. The van der Waals surface area contributed by atoms with Crippen LogP contribution in [0.15, 0.2) is 23.9 Å². The van der Waals surface area contributed by atoms with Gasteiger partial charge in [-0.15, -0.1) is 0 Å². The van der Waals surface area contributed by atoms with Crippen molar-refractivity contribution in [2.24, 2.45) is 63.7 Å². The fourth-order valence-electron chi connectivity index (χ4n) is 10.8. The van der Waals surface area contributed by atoms with E-state index in [9.17, 15) is 0 Å². The molecule has 0 radical (unpaired) electrons. The van der Waals surface area contributed by atoms with Crippen molar-refractivity contribution in [3.63, 3.8) is 0 Å². The zero-order valence-corrected chi connectivity index (χ0v) is 24.8. The summed E-state index contributed by atoms with van der Waals surface area (Å²) in [5, 5.41) is 0. The van der Waals surface area contributed by atoms with Gasteiger partial charge in [-0.25, -0.2) is 0 Å². The van der Waals surface area contributed by atoms with Gasteiger partial charge in [-0.05, 0) is 116 Å². The van der Waals surface area contributed by atoms with Crippen LogP contribution in [0.1, 0.15) is 118 Å². The average Bonchev–Trinajstić information content (AvgIpc) is 3.14. The SMILES string of the molecule is CC(C)CCC[C@@H](C)[C@H]1C(OCC2(N)C=C(N)C=CC2)C[C@H]2[C@@H]3CCC4CCCC[C@]4(C)[C@H]3CC[C@]12C. The van der Waals surface area contributed by atoms with Gasteiger partial charge in [0.15, 0.2) is 0 Å². The lowest BCUT2D eigenvalue weighted by atomic mass is 9.44. The molecule has 3 unspecified atom stereocenters. The summed E-state index contributed by atoms with van der Waals surface area (Å²) >= 11 is 0. The van der Waals surface area contributed by atoms with E-state index >= 15 is 0 Å². The Labute approximate surface area is 228 Å². The quantitative estimate of drug-likeness (QED) is 0.348. The van der Waals surface area contributed by atoms with Crippen molar-refractivity contribution in [2.45, 2.75) is 130 Å². The van der Waals surface area contributed by atoms with Crippen molar-refractivity contribution >= 4 is 0 Å². The Hall–Kier alpha value is -0.800. The smallest absolute Gasteiger partial charge is 0.0690 e. The summed E-state index contributed by atoms with van der Waals surface area (Å²) in [6.07, 6.45) is 24.3. The molecule has 5 aliphatic rings. The van der Waals surface area contributed by atoms with Crippen molar-refractivity contribution < 1.29 is 4.74 Å². The Morgan fingerprint density at radius 2 is 1.78 bits per heavy atom. The first-order valence-corrected chi connectivity index (χ1v) is 16.1. The van der Waals surface area contributed by atoms with E-state index in [-0.39, 0.29) is 0 Å². The Morgan fingerprint density at radius 3 is 2.54 bits per heavy atom. The molecule has 4 fully saturated rings. The Kier molecular flexibility index (Phi) is 7.98. The van der Waals surface area contributed by atoms with Gasteiger partial charge in [0.2, 0.25) is 0 Å². The topological polar surface area (TPSA) is 61.3 Å². The Bertz CT molecular complexity index is 864. The molecule has 37 heavy (non-hydrogen) atoms. The van der Waals surface area contributed by atoms with Crippen LogP contribution in [0.25, 0.3) is 0 Å². The van der Waals surface area contributed by atoms with Crippen LogP contribution in [-0.4, -0.2) is 18.2 Å². The maximum Gasteiger partial charge on any atom is 0.0690 e. The van der Waals surface area contributed by atoms with E-state index in [1.54, 1.807) is 0 Å². The molecule has 3 nitrogen and oxygen atoms in total. The molecule has 10 atom stereocenters. The second kappa shape index (κ2) is 10.6. The fraction of sp³-hybridized carbons (Fsp3) is 0.882. The average molecular weight is 511 g/mol. The highest BCUT2D eigenvalue weighted by molar-refractivity contribution is 5.27. The van der Waals surface area contributed by atoms with E-state index in [0.717, 1.165) is 41.7 Å². The molecule has 5 rings (SSSR count). The highest BCUT2D eigenvalue weighted by atomic mass is 16.5. The fourth-order valence-corrected chi connectivity index (χ4v) is 10.8. The summed E-state index contributed by atoms with van der Waals surface area (Å²) in [7, 11) is 0. The molecule has 210 valence electrons. The minimum atomic E-state index is -0.463. The van der Waals surface area contributed by atoms with Gasteiger partial charge >= 0.3 is 0 Å². The molecule has 0 saturated heterocycles. The van der Waals surface area contributed by atoms with Gasteiger partial charge in [-0.3, -0.25) is 0 Å². The summed E-state index contributed by atoms with van der Waals surface area (Å²) in [6, 6.07) is 0. The second-order valence-corrected chi connectivity index (χ2v) is 15.3. The normalized spacial score (nSPS) is 46.2. The lowest BCUT2D eigenvalue weighted by molar-refractivity contribution is -0.116. The van der Waals surface area contributed by atoms with E-state index in [4.69, 9.17) is 16.2 Å². The number of fused-ring (bicyclic) bond motifs is 5. The Balaban J connectivity index is 1.37. The molecule has 0 aromatic rings. The minimum absolute atomic E-state index is 0.334. The number of hydrogen-bond acceptors (Lipinski definition) is 3. The molecule has 4 N–H and O–H groups in total. The van der Waals surface area contributed by atoms with Crippen LogP contribution in [0.5, 0.6) is 0 Å². The maximum atomic E-state index is 6.96. The zero-order valence-electron chi connectivity index (χ0n) is 24.8. The van der Waals surface area contributed by atoms with Crippen LogP contribution in [0, 0.1) is 52.3 Å². The highest BCUT2D eigenvalue weighted by Gasteiger charge is 2.62. The van der Waals surface area contributed by atoms with Gasteiger partial charge in [0.05, 0.1) is 18.2 Å². The third-order valence-electron chi connectivity index (χ3n) is 12.6. The van der Waals surface area contributed by atoms with E-state index in [1.807, 2.05) is 12.2 Å². The van der Waals surface area contributed by atoms with Crippen molar-refractivity contribution in [2.75, 3.05) is 6.61 Å². The van der Waals surface area contributed by atoms with E-state index in [2.05, 4.69) is 40.7 Å². The number of nitrogens with two attached hydrogens (primary N) is 2. The predicted molar refractivity (Wildman–Crippen MR) is 156 cm³/mol. The van der Waals surface area contributed by atoms with Crippen molar-refractivity contribution in [3.8, 4) is 0 Å². The van der Waals surface area contributed by atoms with Crippen LogP contribution in [-0.2, 0) is 4.74 Å². The molecule has 3 heteroatoms. The standard InChI is InChI=1S/C34H58N2O/c1-23(2)10-8-11-24(3)31-30(37-22-34(36)18-9-13-26(35)21-34)20-29-27-15-14-25-12-6-7-17-32(25,4)28(27)16-19-33(29,31)5/h9,13,21,23-25,27-31H,6-8,10-12,14-20,22,35-36H2,1-5H3/t24-,25?,27-,28+,29+,30?,31+,32+,33+,34?/m1/s1. The lowest BCUT2D eigenvalue weighted by Gasteiger charge is -2.60. The molecule has 0 heterocycles. The van der Waals surface area contributed by atoms with Gasteiger partial charge in [0, 0.05) is 5.70 Å². The van der Waals surface area contributed by atoms with Crippen LogP contribution in [0.2, 0.25) is 0 Å². The number of ether oxygens (including phenoxy) is 1. The van der Waals surface area contributed by atoms with E-state index in [1.165, 1.54) is 77.0 Å². The summed E-state index contributed by atoms with van der Waals surface area (Å²) in [5.74, 6) is 5.78. The van der Waals surface area contributed by atoms with Gasteiger partial charge in [-0.1, -0.05) is 72.8 Å². The Morgan fingerprint density at radius 1 is 0.973 bits per heavy atom. The summed E-state index contributed by atoms with van der Waals surface area (Å²) < 4.78 is 6.96. The first kappa shape index (κ1) is 27.8. The van der Waals surface area contributed by atoms with E-state index in [0.29, 0.717) is 35.4 Å². The molecule has 0 spiro atoms. The second-order valence-electron chi connectivity index (χ2n) is 15.3. The molecule has 4 saturated carbocycles. The summed E-state index contributed by atoms with van der Waals surface area (Å²) in [6.45, 7) is 13.3. The van der Waals surface area contributed by atoms with Gasteiger partial charge in [-0.2, -0.15) is 0 Å². The molecule has 0 aliphatic heterocycles. The first-order valence-electron chi connectivity index (χ1n) is 16.1. The molecule has 0 bridgehead atoms. The number of allylic oxidation sites excluding steroid dienone is 1. The third kappa shape index (κ3) is 5.22. The minimum Gasteiger partial charge on any atom is -0.399 e. The summed E-state index contributed by atoms with van der Waals surface area (Å²) in [4.78, 5) is 0. The van der Waals surface area contributed by atoms with Crippen molar-refractivity contribution in [3.05, 3.63) is 23.9 Å². The molecular formula is C34H58N2O. The molecule has 0 aromatic carbocycles. The van der Waals surface area contributed by atoms with E-state index < -0.39 is 5.54 Å². The number of hydrogen-bond donors (Lipinski definition) is 2. The van der Waals surface area contributed by atoms with Gasteiger partial charge < -0.3 is 16.2 Å². The van der Waals surface area contributed by atoms with Crippen LogP contribution in [0.4, 0.5) is 0 Å². The van der Waals surface area contributed by atoms with Crippen LogP contribution < -0.4 is 11.5 Å². The molecule has 5 aliphatic carbocycles. The van der Waals surface area contributed by atoms with Crippen LogP contribution >= 0.6 is 0 Å². The molecule has 0 amide bonds. The monoisotopic (exact) mass is 510 g/mol. The zero-order chi connectivity index (χ0) is 26.4. The van der Waals surface area contributed by atoms with Gasteiger partial charge in [0.1, 0.15) is 0 Å². The first-order chi connectivity index (χ1) is 17.6. The summed E-state index contributed by atoms with van der Waals surface area (Å²) in [5.41, 5.74) is 14.3. The van der Waals surface area contributed by atoms with Crippen molar-refractivity contribution in [1.29, 1.82) is 0 Å².